The maximum absolute atomic E-state index is 13.3. The van der Waals surface area contributed by atoms with Crippen LogP contribution >= 0.6 is 0 Å². The van der Waals surface area contributed by atoms with Gasteiger partial charge in [0.1, 0.15) is 0 Å². The van der Waals surface area contributed by atoms with Crippen molar-refractivity contribution in [2.24, 2.45) is 0 Å². The summed E-state index contributed by atoms with van der Waals surface area (Å²) in [4.78, 5) is 39.4. The SMILES string of the molecule is CCOC(=O)c1c(C(=O)OC)c(C(=O)OC)c(CC)c(-c2ccccc2)c1-c1ccccc1. The van der Waals surface area contributed by atoms with Gasteiger partial charge in [-0.05, 0) is 35.6 Å². The Labute approximate surface area is 193 Å². The molecule has 3 aromatic rings. The highest BCUT2D eigenvalue weighted by Crippen LogP contribution is 2.43. The minimum Gasteiger partial charge on any atom is -0.465 e. The average molecular weight is 446 g/mol. The molecule has 0 fully saturated rings. The number of rotatable bonds is 7. The Bertz CT molecular complexity index is 1170. The standard InChI is InChI=1S/C27H26O6/c1-5-19-20(17-13-9-7-10-14-17)21(18-15-11-8-12-16-18)23(27(30)33-6-2)24(26(29)32-4)22(19)25(28)31-3/h7-16H,5-6H2,1-4H3. The predicted octanol–water partition coefficient (Wildman–Crippen LogP) is 5.33. The second-order valence-corrected chi connectivity index (χ2v) is 7.14. The Balaban J connectivity index is 2.67. The fourth-order valence-electron chi connectivity index (χ4n) is 4.01. The number of benzene rings is 3. The van der Waals surface area contributed by atoms with E-state index in [2.05, 4.69) is 0 Å². The van der Waals surface area contributed by atoms with Gasteiger partial charge in [0.25, 0.3) is 0 Å². The van der Waals surface area contributed by atoms with E-state index in [9.17, 15) is 14.4 Å². The van der Waals surface area contributed by atoms with Crippen LogP contribution in [0.15, 0.2) is 60.7 Å². The molecule has 0 saturated carbocycles. The number of ether oxygens (including phenoxy) is 3. The van der Waals surface area contributed by atoms with Gasteiger partial charge in [-0.1, -0.05) is 67.6 Å². The van der Waals surface area contributed by atoms with Crippen LogP contribution < -0.4 is 0 Å². The summed E-state index contributed by atoms with van der Waals surface area (Å²) in [6.07, 6.45) is 0.404. The third-order valence-electron chi connectivity index (χ3n) is 5.34. The fourth-order valence-corrected chi connectivity index (χ4v) is 4.01. The van der Waals surface area contributed by atoms with Crippen LogP contribution in [-0.2, 0) is 20.6 Å². The lowest BCUT2D eigenvalue weighted by Gasteiger charge is -2.24. The minimum atomic E-state index is -0.815. The largest absolute Gasteiger partial charge is 0.465 e. The summed E-state index contributed by atoms with van der Waals surface area (Å²) in [5.41, 5.74) is 3.08. The highest BCUT2D eigenvalue weighted by molar-refractivity contribution is 6.17. The maximum Gasteiger partial charge on any atom is 0.339 e. The third-order valence-corrected chi connectivity index (χ3v) is 5.34. The minimum absolute atomic E-state index is 0.00781. The summed E-state index contributed by atoms with van der Waals surface area (Å²) in [7, 11) is 2.44. The smallest absolute Gasteiger partial charge is 0.339 e. The molecule has 0 aromatic heterocycles. The zero-order valence-electron chi connectivity index (χ0n) is 19.1. The van der Waals surface area contributed by atoms with Crippen molar-refractivity contribution in [3.8, 4) is 22.3 Å². The van der Waals surface area contributed by atoms with Crippen molar-refractivity contribution in [1.82, 2.24) is 0 Å². The van der Waals surface area contributed by atoms with Crippen LogP contribution in [0, 0.1) is 0 Å². The molecule has 0 heterocycles. The Morgan fingerprint density at radius 1 is 0.636 bits per heavy atom. The first kappa shape index (κ1) is 23.7. The molecule has 0 aliphatic rings. The first-order chi connectivity index (χ1) is 16.0. The first-order valence-electron chi connectivity index (χ1n) is 10.7. The molecule has 0 unspecified atom stereocenters. The molecule has 0 saturated heterocycles. The van der Waals surface area contributed by atoms with Crippen LogP contribution in [0.25, 0.3) is 22.3 Å². The van der Waals surface area contributed by atoms with Crippen LogP contribution in [0.4, 0.5) is 0 Å². The van der Waals surface area contributed by atoms with E-state index < -0.39 is 17.9 Å². The van der Waals surface area contributed by atoms with E-state index >= 15 is 0 Å². The lowest BCUT2D eigenvalue weighted by atomic mass is 9.80. The summed E-state index contributed by atoms with van der Waals surface area (Å²) in [5, 5.41) is 0. The van der Waals surface area contributed by atoms with E-state index in [0.29, 0.717) is 28.7 Å². The molecule has 0 aliphatic carbocycles. The molecule has 0 atom stereocenters. The zero-order chi connectivity index (χ0) is 24.0. The molecule has 0 aliphatic heterocycles. The normalized spacial score (nSPS) is 10.4. The van der Waals surface area contributed by atoms with Gasteiger partial charge >= 0.3 is 17.9 Å². The number of carbonyl (C=O) groups excluding carboxylic acids is 3. The number of hydrogen-bond acceptors (Lipinski definition) is 6. The molecular formula is C27H26O6. The number of hydrogen-bond donors (Lipinski definition) is 0. The summed E-state index contributed by atoms with van der Waals surface area (Å²) in [5.74, 6) is -2.26. The molecule has 3 aromatic carbocycles. The highest BCUT2D eigenvalue weighted by atomic mass is 16.5. The Morgan fingerprint density at radius 2 is 1.12 bits per heavy atom. The first-order valence-corrected chi connectivity index (χ1v) is 10.7. The molecule has 0 N–H and O–H groups in total. The van der Waals surface area contributed by atoms with Gasteiger partial charge < -0.3 is 14.2 Å². The van der Waals surface area contributed by atoms with E-state index in [1.807, 2.05) is 67.6 Å². The second kappa shape index (κ2) is 10.6. The molecule has 0 radical (unpaired) electrons. The molecule has 0 bridgehead atoms. The van der Waals surface area contributed by atoms with Crippen LogP contribution in [-0.4, -0.2) is 38.7 Å². The Kier molecular flexibility index (Phi) is 7.61. The Morgan fingerprint density at radius 3 is 1.58 bits per heavy atom. The van der Waals surface area contributed by atoms with Gasteiger partial charge in [-0.3, -0.25) is 0 Å². The van der Waals surface area contributed by atoms with Crippen molar-refractivity contribution in [3.63, 3.8) is 0 Å². The Hall–Kier alpha value is -3.93. The van der Waals surface area contributed by atoms with Crippen molar-refractivity contribution in [2.75, 3.05) is 20.8 Å². The number of esters is 3. The topological polar surface area (TPSA) is 78.9 Å². The zero-order valence-corrected chi connectivity index (χ0v) is 19.1. The van der Waals surface area contributed by atoms with Crippen molar-refractivity contribution in [1.29, 1.82) is 0 Å². The number of carbonyl (C=O) groups is 3. The van der Waals surface area contributed by atoms with E-state index in [0.717, 1.165) is 5.56 Å². The molecule has 0 amide bonds. The molecule has 6 heteroatoms. The average Bonchev–Trinajstić information content (AvgIpc) is 2.87. The second-order valence-electron chi connectivity index (χ2n) is 7.14. The molecule has 3 rings (SSSR count). The van der Waals surface area contributed by atoms with Crippen LogP contribution in [0.1, 0.15) is 50.5 Å². The molecule has 6 nitrogen and oxygen atoms in total. The van der Waals surface area contributed by atoms with Gasteiger partial charge in [-0.2, -0.15) is 0 Å². The molecule has 0 spiro atoms. The van der Waals surface area contributed by atoms with Crippen molar-refractivity contribution in [2.45, 2.75) is 20.3 Å². The van der Waals surface area contributed by atoms with Crippen molar-refractivity contribution < 1.29 is 28.6 Å². The van der Waals surface area contributed by atoms with E-state index in [1.165, 1.54) is 14.2 Å². The van der Waals surface area contributed by atoms with Crippen LogP contribution in [0.2, 0.25) is 0 Å². The lowest BCUT2D eigenvalue weighted by molar-refractivity contribution is 0.0500. The van der Waals surface area contributed by atoms with Crippen molar-refractivity contribution in [3.05, 3.63) is 82.9 Å². The van der Waals surface area contributed by atoms with E-state index in [4.69, 9.17) is 14.2 Å². The fraction of sp³-hybridized carbons (Fsp3) is 0.222. The summed E-state index contributed by atoms with van der Waals surface area (Å²) in [6.45, 7) is 3.66. The van der Waals surface area contributed by atoms with Gasteiger partial charge in [0, 0.05) is 5.56 Å². The monoisotopic (exact) mass is 446 g/mol. The van der Waals surface area contributed by atoms with Gasteiger partial charge in [0.2, 0.25) is 0 Å². The van der Waals surface area contributed by atoms with E-state index in [1.54, 1.807) is 6.92 Å². The van der Waals surface area contributed by atoms with Gasteiger partial charge in [-0.25, -0.2) is 14.4 Å². The van der Waals surface area contributed by atoms with Gasteiger partial charge in [0.15, 0.2) is 0 Å². The van der Waals surface area contributed by atoms with Crippen molar-refractivity contribution >= 4 is 17.9 Å². The lowest BCUT2D eigenvalue weighted by Crippen LogP contribution is -2.23. The predicted molar refractivity (Wildman–Crippen MR) is 125 cm³/mol. The van der Waals surface area contributed by atoms with Crippen LogP contribution in [0.5, 0.6) is 0 Å². The third kappa shape index (κ3) is 4.51. The summed E-state index contributed by atoms with van der Waals surface area (Å²) in [6, 6.07) is 18.7. The maximum atomic E-state index is 13.3. The van der Waals surface area contributed by atoms with Gasteiger partial charge in [0.05, 0.1) is 37.5 Å². The highest BCUT2D eigenvalue weighted by Gasteiger charge is 2.35. The quantitative estimate of drug-likeness (QED) is 0.360. The molecule has 33 heavy (non-hydrogen) atoms. The summed E-state index contributed by atoms with van der Waals surface area (Å²) >= 11 is 0. The number of methoxy groups -OCH3 is 2. The summed E-state index contributed by atoms with van der Waals surface area (Å²) < 4.78 is 15.4. The van der Waals surface area contributed by atoms with Crippen LogP contribution in [0.3, 0.4) is 0 Å². The molecular weight excluding hydrogens is 420 g/mol. The molecule has 170 valence electrons. The van der Waals surface area contributed by atoms with Gasteiger partial charge in [-0.15, -0.1) is 0 Å². The van der Waals surface area contributed by atoms with E-state index in [-0.39, 0.29) is 23.3 Å².